The van der Waals surface area contributed by atoms with Gasteiger partial charge in [-0.2, -0.15) is 4.72 Å². The fraction of sp³-hybridized carbons (Fsp3) is 0.618. The number of rotatable bonds is 3. The smallest absolute Gasteiger partial charge is 0.292 e. The normalized spacial score (nSPS) is 37.0. The largest absolute Gasteiger partial charge is 0.598 e. The lowest BCUT2D eigenvalue weighted by Crippen LogP contribution is -2.47. The highest BCUT2D eigenvalue weighted by molar-refractivity contribution is 7.90. The number of carbonyl (C=O) groups is 1. The molecule has 5 aliphatic rings. The van der Waals surface area contributed by atoms with E-state index in [9.17, 15) is 13.9 Å². The molecule has 6 rings (SSSR count). The number of amides is 1. The van der Waals surface area contributed by atoms with Crippen LogP contribution in [0.1, 0.15) is 62.7 Å². The molecule has 1 aromatic rings. The minimum Gasteiger partial charge on any atom is -0.598 e. The van der Waals surface area contributed by atoms with Crippen molar-refractivity contribution in [3.05, 3.63) is 59.2 Å². The van der Waals surface area contributed by atoms with Gasteiger partial charge in [-0.15, -0.1) is 15.9 Å². The summed E-state index contributed by atoms with van der Waals surface area (Å²) in [6.45, 7) is 6.24. The van der Waals surface area contributed by atoms with Crippen molar-refractivity contribution in [1.29, 1.82) is 0 Å². The molecule has 1 N–H and O–H groups in total. The number of allylic oxidation sites excluding steroid dienone is 5. The van der Waals surface area contributed by atoms with E-state index in [2.05, 4.69) is 40.8 Å². The maximum absolute atomic E-state index is 13.4. The number of anilines is 1. The minimum absolute atomic E-state index is 0.0431. The molecule has 1 saturated carbocycles. The van der Waals surface area contributed by atoms with Crippen LogP contribution in [-0.4, -0.2) is 69.5 Å². The van der Waals surface area contributed by atoms with Gasteiger partial charge >= 0.3 is 0 Å². The first-order valence-corrected chi connectivity index (χ1v) is 19.0. The van der Waals surface area contributed by atoms with Crippen LogP contribution in [-0.2, 0) is 22.7 Å². The Balaban J connectivity index is 1.38. The van der Waals surface area contributed by atoms with Crippen LogP contribution in [0.15, 0.2) is 53.6 Å². The van der Waals surface area contributed by atoms with Crippen molar-refractivity contribution in [2.45, 2.75) is 63.0 Å². The zero-order valence-corrected chi connectivity index (χ0v) is 28.7. The molecule has 9 unspecified atom stereocenters. The average molecular weight is 660 g/mol. The molecule has 2 aliphatic heterocycles. The number of fused-ring (bicyclic) bond motifs is 3. The third-order valence-corrected chi connectivity index (χ3v) is 14.1. The van der Waals surface area contributed by atoms with Gasteiger partial charge in [0.15, 0.2) is 0 Å². The molecule has 0 radical (unpaired) electrons. The van der Waals surface area contributed by atoms with Gasteiger partial charge in [-0.25, -0.2) is 0 Å². The van der Waals surface area contributed by atoms with Crippen LogP contribution in [0.5, 0.6) is 5.75 Å². The van der Waals surface area contributed by atoms with Crippen LogP contribution >= 0.6 is 11.6 Å². The van der Waals surface area contributed by atoms with Crippen LogP contribution in [0, 0.1) is 29.1 Å². The van der Waals surface area contributed by atoms with Crippen molar-refractivity contribution >= 4 is 45.9 Å². The monoisotopic (exact) mass is 659 g/mol. The van der Waals surface area contributed by atoms with Crippen molar-refractivity contribution in [2.75, 3.05) is 44.4 Å². The highest BCUT2D eigenvalue weighted by atomic mass is 35.5. The Bertz CT molecular complexity index is 1340. The summed E-state index contributed by atoms with van der Waals surface area (Å²) < 4.78 is 37.5. The number of nitrogens with one attached hydrogen (secondary N) is 1. The van der Waals surface area contributed by atoms with E-state index in [1.54, 1.807) is 10.4 Å². The molecule has 3 aliphatic carbocycles. The number of halogens is 1. The number of nitrogens with zero attached hydrogens (tertiary/aromatic N) is 2. The molecular weight excluding hydrogens is 614 g/mol. The standard InChI is InChI=1S/C34H46ClN3O4S2/c1-22-6-5-7-27(19-43(40)37(3)4)29-11-8-26(29)18-38-20-34(15-14-24-16-28(35)10-12-30(24)34)21-42-32-13-9-25(17-31(32)38)33(39)36-44(41)23(22)2/h5,7,9-10,12-13,17,22-23,26-29H,6,8,11,14-16,18-21H2,1-4H3,(H,36,39)/b7-5+. The molecule has 1 aromatic carbocycles. The SMILES string of the molecule is CC1C/C=C/C(C[S+]([O-])N(C)C)C2CCC2CN2CC3(CCC4=C3C=CC(Cl)C4)COc3ccc(cc32)C(=O)N[S+]([O-])C1C. The summed E-state index contributed by atoms with van der Waals surface area (Å²) in [5.41, 5.74) is 4.08. The van der Waals surface area contributed by atoms with Gasteiger partial charge in [-0.1, -0.05) is 36.8 Å². The van der Waals surface area contributed by atoms with Crippen LogP contribution in [0.2, 0.25) is 0 Å². The van der Waals surface area contributed by atoms with Gasteiger partial charge in [-0.3, -0.25) is 4.79 Å². The van der Waals surface area contributed by atoms with Crippen molar-refractivity contribution in [2.24, 2.45) is 29.1 Å². The summed E-state index contributed by atoms with van der Waals surface area (Å²) in [7, 11) is 3.76. The lowest BCUT2D eigenvalue weighted by atomic mass is 9.67. The number of alkyl halides is 1. The number of hydrogen-bond donors (Lipinski definition) is 1. The lowest BCUT2D eigenvalue weighted by molar-refractivity contribution is 0.0980. The molecule has 0 saturated heterocycles. The second kappa shape index (κ2) is 13.2. The maximum atomic E-state index is 13.4. The predicted octanol–water partition coefficient (Wildman–Crippen LogP) is 5.78. The number of benzene rings is 1. The first-order chi connectivity index (χ1) is 21.0. The molecule has 9 atom stereocenters. The van der Waals surface area contributed by atoms with Gasteiger partial charge in [0.25, 0.3) is 5.91 Å². The van der Waals surface area contributed by atoms with Gasteiger partial charge in [0, 0.05) is 61.4 Å². The third kappa shape index (κ3) is 6.47. The Morgan fingerprint density at radius 1 is 1.25 bits per heavy atom. The molecule has 7 nitrogen and oxygen atoms in total. The average Bonchev–Trinajstić information content (AvgIpc) is 3.24. The van der Waals surface area contributed by atoms with E-state index in [1.165, 1.54) is 11.1 Å². The maximum Gasteiger partial charge on any atom is 0.292 e. The van der Waals surface area contributed by atoms with Crippen molar-refractivity contribution in [3.8, 4) is 5.75 Å². The summed E-state index contributed by atoms with van der Waals surface area (Å²) in [4.78, 5) is 15.9. The Morgan fingerprint density at radius 3 is 2.82 bits per heavy atom. The van der Waals surface area contributed by atoms with Gasteiger partial charge in [0.1, 0.15) is 16.8 Å². The summed E-state index contributed by atoms with van der Waals surface area (Å²) >= 11 is 3.93. The van der Waals surface area contributed by atoms with Gasteiger partial charge in [0.05, 0.1) is 29.0 Å². The van der Waals surface area contributed by atoms with Crippen molar-refractivity contribution in [1.82, 2.24) is 9.03 Å². The quantitative estimate of drug-likeness (QED) is 0.252. The molecular formula is C34H46ClN3O4S2. The summed E-state index contributed by atoms with van der Waals surface area (Å²) in [6.07, 6.45) is 14.7. The molecule has 240 valence electrons. The van der Waals surface area contributed by atoms with E-state index in [1.807, 2.05) is 33.2 Å². The number of ether oxygens (including phenoxy) is 1. The number of hydrogen-bond acceptors (Lipinski definition) is 6. The zero-order chi connectivity index (χ0) is 31.2. The van der Waals surface area contributed by atoms with Gasteiger partial charge < -0.3 is 18.7 Å². The summed E-state index contributed by atoms with van der Waals surface area (Å²) in [5, 5.41) is -0.176. The lowest BCUT2D eigenvalue weighted by Gasteiger charge is -2.45. The molecule has 44 heavy (non-hydrogen) atoms. The number of carbonyl (C=O) groups excluding carboxylic acids is 1. The molecule has 1 fully saturated rings. The highest BCUT2D eigenvalue weighted by Crippen LogP contribution is 2.52. The summed E-state index contributed by atoms with van der Waals surface area (Å²) in [6, 6.07) is 5.63. The Labute approximate surface area is 274 Å². The molecule has 1 spiro atoms. The molecule has 0 aromatic heterocycles. The molecule has 1 amide bonds. The highest BCUT2D eigenvalue weighted by Gasteiger charge is 2.47. The molecule has 2 heterocycles. The topological polar surface area (TPSA) is 90.9 Å². The van der Waals surface area contributed by atoms with E-state index < -0.39 is 22.7 Å². The first kappa shape index (κ1) is 32.3. The second-order valence-corrected chi connectivity index (χ2v) is 17.6. The van der Waals surface area contributed by atoms with E-state index >= 15 is 0 Å². The fourth-order valence-corrected chi connectivity index (χ4v) is 9.94. The van der Waals surface area contributed by atoms with Crippen LogP contribution in [0.3, 0.4) is 0 Å². The van der Waals surface area contributed by atoms with Crippen LogP contribution < -0.4 is 14.4 Å². The fourth-order valence-electron chi connectivity index (χ4n) is 7.68. The van der Waals surface area contributed by atoms with Gasteiger partial charge in [-0.05, 0) is 81.1 Å². The first-order valence-electron chi connectivity index (χ1n) is 16.1. The molecule has 10 heteroatoms. The Kier molecular flexibility index (Phi) is 9.73. The minimum atomic E-state index is -1.53. The van der Waals surface area contributed by atoms with Crippen molar-refractivity contribution in [3.63, 3.8) is 0 Å². The van der Waals surface area contributed by atoms with Crippen LogP contribution in [0.25, 0.3) is 0 Å². The van der Waals surface area contributed by atoms with Crippen molar-refractivity contribution < 1.29 is 18.6 Å². The van der Waals surface area contributed by atoms with E-state index in [4.69, 9.17) is 16.3 Å². The van der Waals surface area contributed by atoms with Gasteiger partial charge in [0.2, 0.25) is 0 Å². The Morgan fingerprint density at radius 2 is 2.07 bits per heavy atom. The summed E-state index contributed by atoms with van der Waals surface area (Å²) in [5.74, 6) is 2.23. The van der Waals surface area contributed by atoms with Crippen LogP contribution in [0.4, 0.5) is 5.69 Å². The predicted molar refractivity (Wildman–Crippen MR) is 181 cm³/mol. The third-order valence-electron chi connectivity index (χ3n) is 10.8. The second-order valence-electron chi connectivity index (χ2n) is 13.8. The van der Waals surface area contributed by atoms with E-state index in [0.717, 1.165) is 63.1 Å². The van der Waals surface area contributed by atoms with E-state index in [0.29, 0.717) is 29.8 Å². The Hall–Kier alpha value is -1.62. The van der Waals surface area contributed by atoms with E-state index in [-0.39, 0.29) is 33.8 Å². The zero-order valence-electron chi connectivity index (χ0n) is 26.3. The molecule has 2 bridgehead atoms.